The van der Waals surface area contributed by atoms with E-state index in [1.165, 1.54) is 18.2 Å². The molecule has 2 saturated heterocycles. The van der Waals surface area contributed by atoms with Crippen LogP contribution in [0.4, 0.5) is 0 Å². The fraction of sp³-hybridized carbons (Fsp3) is 0.433. The third-order valence-corrected chi connectivity index (χ3v) is 7.92. The van der Waals surface area contributed by atoms with Gasteiger partial charge in [-0.25, -0.2) is 0 Å². The summed E-state index contributed by atoms with van der Waals surface area (Å²) in [6.45, 7) is 3.41. The highest BCUT2D eigenvalue weighted by Gasteiger charge is 2.43. The third kappa shape index (κ3) is 5.74. The minimum atomic E-state index is -0.478. The summed E-state index contributed by atoms with van der Waals surface area (Å²) >= 11 is 0. The molecule has 2 aliphatic heterocycles. The van der Waals surface area contributed by atoms with Crippen LogP contribution in [0.2, 0.25) is 0 Å². The molecule has 2 unspecified atom stereocenters. The number of aliphatic hydroxyl groups is 1. The lowest BCUT2D eigenvalue weighted by Gasteiger charge is -2.53. The number of nitrogens with zero attached hydrogens (tertiary/aromatic N) is 5. The van der Waals surface area contributed by atoms with E-state index < -0.39 is 6.61 Å². The van der Waals surface area contributed by atoms with Crippen molar-refractivity contribution in [3.63, 3.8) is 0 Å². The molecule has 1 amide bonds. The average Bonchev–Trinajstić information content (AvgIpc) is 3.01. The highest BCUT2D eigenvalue weighted by atomic mass is 16.5. The molecule has 10 heteroatoms. The summed E-state index contributed by atoms with van der Waals surface area (Å²) in [5, 5.41) is 9.56. The van der Waals surface area contributed by atoms with Crippen LogP contribution < -0.4 is 14.2 Å². The topological polar surface area (TPSA) is 100 Å². The highest BCUT2D eigenvalue weighted by molar-refractivity contribution is 5.77. The molecule has 40 heavy (non-hydrogen) atoms. The van der Waals surface area contributed by atoms with Crippen LogP contribution in [-0.2, 0) is 11.3 Å². The Morgan fingerprint density at radius 1 is 0.875 bits per heavy atom. The van der Waals surface area contributed by atoms with Gasteiger partial charge in [0.2, 0.25) is 17.7 Å². The number of amides is 1. The van der Waals surface area contributed by atoms with Gasteiger partial charge in [0, 0.05) is 57.3 Å². The van der Waals surface area contributed by atoms with Gasteiger partial charge < -0.3 is 24.2 Å². The van der Waals surface area contributed by atoms with Gasteiger partial charge in [0.05, 0.1) is 26.9 Å². The number of carbonyl (C=O) groups excluding carboxylic acids is 1. The minimum Gasteiger partial charge on any atom is -0.481 e. The molecule has 0 radical (unpaired) electrons. The molecule has 0 bridgehead atoms. The van der Waals surface area contributed by atoms with E-state index in [0.717, 1.165) is 25.2 Å². The first-order valence-electron chi connectivity index (χ1n) is 13.6. The average molecular weight is 548 g/mol. The molecule has 3 heterocycles. The highest BCUT2D eigenvalue weighted by Crippen LogP contribution is 2.37. The summed E-state index contributed by atoms with van der Waals surface area (Å²) in [5.41, 5.74) is 3.24. The van der Waals surface area contributed by atoms with Crippen LogP contribution in [-0.4, -0.2) is 108 Å². The van der Waals surface area contributed by atoms with Gasteiger partial charge in [-0.1, -0.05) is 60.7 Å². The number of aromatic nitrogens is 2. The number of hydrogen-bond acceptors (Lipinski definition) is 9. The zero-order valence-electron chi connectivity index (χ0n) is 23.3. The Labute approximate surface area is 235 Å². The SMILES string of the molecule is COc1nc(OC)c(CN2CC3CN(C(=O)CO)CCN3C(C(c3ccccc3)c3ccccc3)C2)c(OC)n1. The van der Waals surface area contributed by atoms with E-state index in [1.807, 2.05) is 12.1 Å². The minimum absolute atomic E-state index is 0.0779. The van der Waals surface area contributed by atoms with Crippen molar-refractivity contribution in [3.8, 4) is 17.8 Å². The Bertz CT molecular complexity index is 1210. The van der Waals surface area contributed by atoms with Crippen molar-refractivity contribution >= 4 is 5.91 Å². The Morgan fingerprint density at radius 3 is 2.00 bits per heavy atom. The van der Waals surface area contributed by atoms with E-state index in [1.54, 1.807) is 19.1 Å². The number of hydrogen-bond donors (Lipinski definition) is 1. The van der Waals surface area contributed by atoms with Crippen molar-refractivity contribution < 1.29 is 24.1 Å². The molecule has 5 rings (SSSR count). The van der Waals surface area contributed by atoms with Crippen LogP contribution >= 0.6 is 0 Å². The predicted molar refractivity (Wildman–Crippen MR) is 150 cm³/mol. The van der Waals surface area contributed by atoms with E-state index in [0.29, 0.717) is 31.4 Å². The predicted octanol–water partition coefficient (Wildman–Crippen LogP) is 2.02. The number of piperazine rings is 2. The third-order valence-electron chi connectivity index (χ3n) is 7.92. The Morgan fingerprint density at radius 2 is 1.48 bits per heavy atom. The van der Waals surface area contributed by atoms with Crippen LogP contribution in [0, 0.1) is 0 Å². The molecule has 0 spiro atoms. The lowest BCUT2D eigenvalue weighted by molar-refractivity contribution is -0.139. The van der Waals surface area contributed by atoms with Gasteiger partial charge in [-0.05, 0) is 11.1 Å². The Kier molecular flexibility index (Phi) is 8.78. The van der Waals surface area contributed by atoms with Gasteiger partial charge in [0.25, 0.3) is 0 Å². The molecular formula is C30H37N5O5. The second-order valence-electron chi connectivity index (χ2n) is 10.2. The van der Waals surface area contributed by atoms with E-state index in [-0.39, 0.29) is 29.9 Å². The second kappa shape index (κ2) is 12.6. The summed E-state index contributed by atoms with van der Waals surface area (Å²) in [5.74, 6) is 0.698. The molecule has 0 aliphatic carbocycles. The van der Waals surface area contributed by atoms with Gasteiger partial charge in [-0.2, -0.15) is 9.97 Å². The molecule has 2 aliphatic rings. The first-order chi connectivity index (χ1) is 19.6. The summed E-state index contributed by atoms with van der Waals surface area (Å²) < 4.78 is 16.5. The van der Waals surface area contributed by atoms with Gasteiger partial charge in [0.1, 0.15) is 6.61 Å². The largest absolute Gasteiger partial charge is 0.481 e. The number of methoxy groups -OCH3 is 3. The normalized spacial score (nSPS) is 19.8. The Balaban J connectivity index is 1.54. The molecule has 212 valence electrons. The van der Waals surface area contributed by atoms with Gasteiger partial charge in [-0.3, -0.25) is 14.6 Å². The van der Waals surface area contributed by atoms with Crippen molar-refractivity contribution in [2.45, 2.75) is 24.5 Å². The van der Waals surface area contributed by atoms with Crippen LogP contribution in [0.5, 0.6) is 17.8 Å². The zero-order valence-corrected chi connectivity index (χ0v) is 23.3. The van der Waals surface area contributed by atoms with Crippen LogP contribution in [0.15, 0.2) is 60.7 Å². The smallest absolute Gasteiger partial charge is 0.322 e. The molecule has 1 aromatic heterocycles. The van der Waals surface area contributed by atoms with Crippen molar-refractivity contribution in [1.29, 1.82) is 0 Å². The maximum absolute atomic E-state index is 12.5. The molecule has 10 nitrogen and oxygen atoms in total. The van der Waals surface area contributed by atoms with Gasteiger partial charge >= 0.3 is 6.01 Å². The molecule has 2 fully saturated rings. The van der Waals surface area contributed by atoms with E-state index >= 15 is 0 Å². The summed E-state index contributed by atoms with van der Waals surface area (Å²) in [6.07, 6.45) is 0. The molecular weight excluding hydrogens is 510 g/mol. The van der Waals surface area contributed by atoms with E-state index in [2.05, 4.69) is 68.3 Å². The van der Waals surface area contributed by atoms with Crippen LogP contribution in [0.1, 0.15) is 22.6 Å². The maximum Gasteiger partial charge on any atom is 0.322 e. The van der Waals surface area contributed by atoms with Crippen molar-refractivity contribution in [2.24, 2.45) is 0 Å². The van der Waals surface area contributed by atoms with Crippen molar-refractivity contribution in [1.82, 2.24) is 24.7 Å². The summed E-state index contributed by atoms with van der Waals surface area (Å²) in [6, 6.07) is 21.6. The lowest BCUT2D eigenvalue weighted by Crippen LogP contribution is -2.67. The summed E-state index contributed by atoms with van der Waals surface area (Å²) in [7, 11) is 4.66. The number of carbonyl (C=O) groups is 1. The fourth-order valence-corrected chi connectivity index (χ4v) is 6.13. The van der Waals surface area contributed by atoms with Gasteiger partial charge in [0.15, 0.2) is 0 Å². The van der Waals surface area contributed by atoms with Crippen LogP contribution in [0.25, 0.3) is 0 Å². The number of fused-ring (bicyclic) bond motifs is 1. The van der Waals surface area contributed by atoms with Crippen molar-refractivity contribution in [2.75, 3.05) is 60.7 Å². The molecule has 1 N–H and O–H groups in total. The number of aliphatic hydroxyl groups excluding tert-OH is 1. The first-order valence-corrected chi connectivity index (χ1v) is 13.6. The fourth-order valence-electron chi connectivity index (χ4n) is 6.13. The Hall–Kier alpha value is -3.73. The standard InChI is InChI=1S/C30H37N5O5/c1-38-28-24(29(39-2)32-30(31-28)40-3)18-33-16-23-17-34(26(37)20-36)14-15-35(23)25(19-33)27(21-10-6-4-7-11-21)22-12-8-5-9-13-22/h4-13,23,25,27,36H,14-20H2,1-3H3. The molecule has 2 aromatic carbocycles. The quantitative estimate of drug-likeness (QED) is 0.431. The van der Waals surface area contributed by atoms with E-state index in [9.17, 15) is 9.90 Å². The van der Waals surface area contributed by atoms with Crippen LogP contribution in [0.3, 0.4) is 0 Å². The van der Waals surface area contributed by atoms with Gasteiger partial charge in [-0.15, -0.1) is 0 Å². The van der Waals surface area contributed by atoms with E-state index in [4.69, 9.17) is 14.2 Å². The second-order valence-corrected chi connectivity index (χ2v) is 10.2. The number of rotatable bonds is 9. The zero-order chi connectivity index (χ0) is 28.1. The number of ether oxygens (including phenoxy) is 3. The lowest BCUT2D eigenvalue weighted by atomic mass is 9.81. The maximum atomic E-state index is 12.5. The van der Waals surface area contributed by atoms with Crippen molar-refractivity contribution in [3.05, 3.63) is 77.4 Å². The molecule has 2 atom stereocenters. The molecule has 3 aromatic rings. The number of benzene rings is 2. The first kappa shape index (κ1) is 27.8. The summed E-state index contributed by atoms with van der Waals surface area (Å²) in [4.78, 5) is 28.0. The molecule has 0 saturated carbocycles. The monoisotopic (exact) mass is 547 g/mol.